The van der Waals surface area contributed by atoms with E-state index < -0.39 is 0 Å². The highest BCUT2D eigenvalue weighted by Gasteiger charge is 2.20. The fraction of sp³-hybridized carbons (Fsp3) is 0.733. The van der Waals surface area contributed by atoms with E-state index in [0.717, 1.165) is 17.9 Å². The van der Waals surface area contributed by atoms with Gasteiger partial charge in [0.2, 0.25) is 0 Å². The molecule has 0 atom stereocenters. The number of anilines is 2. The van der Waals surface area contributed by atoms with Crippen molar-refractivity contribution in [1.29, 1.82) is 0 Å². The van der Waals surface area contributed by atoms with E-state index in [1.165, 1.54) is 19.3 Å². The van der Waals surface area contributed by atoms with Crippen LogP contribution in [0.5, 0.6) is 0 Å². The van der Waals surface area contributed by atoms with Gasteiger partial charge in [0.05, 0.1) is 0 Å². The Balaban J connectivity index is 3.05. The highest BCUT2D eigenvalue weighted by molar-refractivity contribution is 5.58. The Morgan fingerprint density at radius 3 is 2.37 bits per heavy atom. The number of nitrogen functional groups attached to an aromatic ring is 1. The van der Waals surface area contributed by atoms with E-state index in [1.54, 1.807) is 6.33 Å². The maximum atomic E-state index is 6.04. The lowest BCUT2D eigenvalue weighted by Crippen LogP contribution is -2.34. The quantitative estimate of drug-likeness (QED) is 0.765. The van der Waals surface area contributed by atoms with Gasteiger partial charge in [-0.2, -0.15) is 0 Å². The molecule has 1 aromatic heterocycles. The van der Waals surface area contributed by atoms with Crippen molar-refractivity contribution in [2.24, 2.45) is 0 Å². The average Bonchev–Trinajstić information content (AvgIpc) is 2.33. The minimum atomic E-state index is 0.337. The lowest BCUT2D eigenvalue weighted by Gasteiger charge is -2.30. The first-order valence-corrected chi connectivity index (χ1v) is 7.36. The van der Waals surface area contributed by atoms with Crippen LogP contribution in [0.25, 0.3) is 0 Å². The molecule has 1 aromatic rings. The Morgan fingerprint density at radius 2 is 1.84 bits per heavy atom. The van der Waals surface area contributed by atoms with Crippen LogP contribution >= 0.6 is 0 Å². The number of hydrogen-bond acceptors (Lipinski definition) is 4. The van der Waals surface area contributed by atoms with E-state index in [9.17, 15) is 0 Å². The zero-order chi connectivity index (χ0) is 14.4. The highest BCUT2D eigenvalue weighted by Crippen LogP contribution is 2.30. The molecule has 1 rings (SSSR count). The zero-order valence-electron chi connectivity index (χ0n) is 13.0. The molecule has 0 unspecified atom stereocenters. The predicted molar refractivity (Wildman–Crippen MR) is 82.5 cm³/mol. The second-order valence-electron chi connectivity index (χ2n) is 5.65. The first-order chi connectivity index (χ1) is 8.99. The minimum absolute atomic E-state index is 0.337. The summed E-state index contributed by atoms with van der Waals surface area (Å²) in [6.45, 7) is 11.9. The second-order valence-corrected chi connectivity index (χ2v) is 5.65. The molecule has 108 valence electrons. The van der Waals surface area contributed by atoms with Crippen LogP contribution < -0.4 is 10.6 Å². The van der Waals surface area contributed by atoms with E-state index in [0.29, 0.717) is 17.8 Å². The number of rotatable bonds is 7. The third kappa shape index (κ3) is 4.08. The van der Waals surface area contributed by atoms with Crippen molar-refractivity contribution in [3.8, 4) is 0 Å². The molecule has 0 radical (unpaired) electrons. The predicted octanol–water partition coefficient (Wildman–Crippen LogP) is 3.59. The Hall–Kier alpha value is -1.32. The summed E-state index contributed by atoms with van der Waals surface area (Å²) in [6.07, 6.45) is 5.25. The second kappa shape index (κ2) is 7.31. The van der Waals surface area contributed by atoms with Crippen molar-refractivity contribution < 1.29 is 0 Å². The normalized spacial score (nSPS) is 11.3. The molecule has 0 aliphatic heterocycles. The molecule has 2 N–H and O–H groups in total. The van der Waals surface area contributed by atoms with Gasteiger partial charge < -0.3 is 10.6 Å². The van der Waals surface area contributed by atoms with Gasteiger partial charge in [0.25, 0.3) is 0 Å². The smallest absolute Gasteiger partial charge is 0.137 e. The van der Waals surface area contributed by atoms with Gasteiger partial charge in [0, 0.05) is 18.2 Å². The number of hydrogen-bond donors (Lipinski definition) is 1. The average molecular weight is 264 g/mol. The van der Waals surface area contributed by atoms with E-state index in [1.807, 2.05) is 0 Å². The third-order valence-electron chi connectivity index (χ3n) is 3.37. The Labute approximate surface area is 117 Å². The van der Waals surface area contributed by atoms with Gasteiger partial charge in [0.15, 0.2) is 0 Å². The van der Waals surface area contributed by atoms with Gasteiger partial charge in [0.1, 0.15) is 18.0 Å². The summed E-state index contributed by atoms with van der Waals surface area (Å²) in [6, 6.07) is 0.420. The molecule has 19 heavy (non-hydrogen) atoms. The molecule has 4 nitrogen and oxygen atoms in total. The Bertz CT molecular complexity index is 388. The van der Waals surface area contributed by atoms with Crippen molar-refractivity contribution in [1.82, 2.24) is 9.97 Å². The molecular weight excluding hydrogens is 236 g/mol. The van der Waals surface area contributed by atoms with E-state index in [-0.39, 0.29) is 0 Å². The molecule has 0 bridgehead atoms. The fourth-order valence-electron chi connectivity index (χ4n) is 2.32. The monoisotopic (exact) mass is 264 g/mol. The number of nitrogens with two attached hydrogens (primary N) is 1. The molecule has 0 fully saturated rings. The van der Waals surface area contributed by atoms with Gasteiger partial charge in [-0.1, -0.05) is 33.6 Å². The van der Waals surface area contributed by atoms with Gasteiger partial charge in [-0.05, 0) is 26.2 Å². The van der Waals surface area contributed by atoms with Crippen molar-refractivity contribution in [2.45, 2.75) is 65.8 Å². The van der Waals surface area contributed by atoms with E-state index >= 15 is 0 Å². The first-order valence-electron chi connectivity index (χ1n) is 7.36. The van der Waals surface area contributed by atoms with Crippen molar-refractivity contribution in [3.63, 3.8) is 0 Å². The van der Waals surface area contributed by atoms with Gasteiger partial charge in [-0.15, -0.1) is 0 Å². The van der Waals surface area contributed by atoms with Crippen LogP contribution in [0.4, 0.5) is 11.6 Å². The van der Waals surface area contributed by atoms with Gasteiger partial charge in [-0.25, -0.2) is 9.97 Å². The summed E-state index contributed by atoms with van der Waals surface area (Å²) in [5.41, 5.74) is 7.11. The lowest BCUT2D eigenvalue weighted by molar-refractivity contribution is 0.614. The molecule has 4 heteroatoms. The zero-order valence-corrected chi connectivity index (χ0v) is 13.0. The van der Waals surface area contributed by atoms with Crippen LogP contribution in [-0.2, 0) is 0 Å². The number of aromatic nitrogens is 2. The topological polar surface area (TPSA) is 55.0 Å². The van der Waals surface area contributed by atoms with Gasteiger partial charge in [-0.3, -0.25) is 0 Å². The summed E-state index contributed by atoms with van der Waals surface area (Å²) in [7, 11) is 0. The van der Waals surface area contributed by atoms with Crippen LogP contribution in [0.2, 0.25) is 0 Å². The molecular formula is C15H28N4. The van der Waals surface area contributed by atoms with Crippen LogP contribution in [0, 0.1) is 0 Å². The molecule has 0 amide bonds. The largest absolute Gasteiger partial charge is 0.383 e. The van der Waals surface area contributed by atoms with Crippen LogP contribution in [-0.4, -0.2) is 22.6 Å². The van der Waals surface area contributed by atoms with Crippen LogP contribution in [0.1, 0.15) is 65.4 Å². The lowest BCUT2D eigenvalue weighted by atomic mass is 10.0. The molecule has 0 spiro atoms. The maximum absolute atomic E-state index is 6.04. The SMILES string of the molecule is CCCCCN(c1ncnc(N)c1C(C)C)C(C)C. The summed E-state index contributed by atoms with van der Waals surface area (Å²) in [5, 5.41) is 0. The molecule has 0 aliphatic rings. The number of unbranched alkanes of at least 4 members (excludes halogenated alkanes) is 2. The highest BCUT2D eigenvalue weighted by atomic mass is 15.2. The van der Waals surface area contributed by atoms with Crippen LogP contribution in [0.3, 0.4) is 0 Å². The summed E-state index contributed by atoms with van der Waals surface area (Å²) in [5.74, 6) is 1.96. The van der Waals surface area contributed by atoms with Gasteiger partial charge >= 0.3 is 0 Å². The van der Waals surface area contributed by atoms with Crippen molar-refractivity contribution in [3.05, 3.63) is 11.9 Å². The number of nitrogens with zero attached hydrogens (tertiary/aromatic N) is 3. The van der Waals surface area contributed by atoms with Crippen LogP contribution in [0.15, 0.2) is 6.33 Å². The Kier molecular flexibility index (Phi) is 6.06. The molecule has 0 aliphatic carbocycles. The minimum Gasteiger partial charge on any atom is -0.383 e. The molecule has 1 heterocycles. The van der Waals surface area contributed by atoms with E-state index in [2.05, 4.69) is 49.5 Å². The van der Waals surface area contributed by atoms with Crippen molar-refractivity contribution >= 4 is 11.6 Å². The standard InChI is InChI=1S/C15H28N4/c1-6-7-8-9-19(12(4)5)15-13(11(2)3)14(16)17-10-18-15/h10-12H,6-9H2,1-5H3,(H2,16,17,18). The maximum Gasteiger partial charge on any atom is 0.137 e. The third-order valence-corrected chi connectivity index (χ3v) is 3.37. The van der Waals surface area contributed by atoms with E-state index in [4.69, 9.17) is 5.73 Å². The van der Waals surface area contributed by atoms with Crippen molar-refractivity contribution in [2.75, 3.05) is 17.2 Å². The molecule has 0 saturated carbocycles. The summed E-state index contributed by atoms with van der Waals surface area (Å²) < 4.78 is 0. The molecule has 0 saturated heterocycles. The summed E-state index contributed by atoms with van der Waals surface area (Å²) in [4.78, 5) is 11.0. The fourth-order valence-corrected chi connectivity index (χ4v) is 2.32. The first kappa shape index (κ1) is 15.7. The molecule has 0 aromatic carbocycles. The Morgan fingerprint density at radius 1 is 1.16 bits per heavy atom. The summed E-state index contributed by atoms with van der Waals surface area (Å²) >= 11 is 0.